The summed E-state index contributed by atoms with van der Waals surface area (Å²) in [5.74, 6) is -3.83. The number of alkyl halides is 3. The van der Waals surface area contributed by atoms with Gasteiger partial charge in [-0.1, -0.05) is 60.7 Å². The normalized spacial score (nSPS) is 14.2. The van der Waals surface area contributed by atoms with Crippen LogP contribution in [-0.2, 0) is 33.9 Å². The summed E-state index contributed by atoms with van der Waals surface area (Å²) in [6.45, 7) is 1.15. The third kappa shape index (κ3) is 9.58. The number of nitrogen functional groups attached to an aromatic ring is 1. The summed E-state index contributed by atoms with van der Waals surface area (Å²) in [6.07, 6.45) is -4.55. The first-order valence-electron chi connectivity index (χ1n) is 13.3. The van der Waals surface area contributed by atoms with E-state index in [1.54, 1.807) is 41.3 Å². The second-order valence-corrected chi connectivity index (χ2v) is 9.83. The molecule has 1 aliphatic heterocycles. The van der Waals surface area contributed by atoms with Gasteiger partial charge in [0.15, 0.2) is 0 Å². The summed E-state index contributed by atoms with van der Waals surface area (Å²) in [4.78, 5) is 48.5. The molecule has 3 amide bonds. The number of carboxylic acid groups (broad SMARTS) is 1. The summed E-state index contributed by atoms with van der Waals surface area (Å²) in [6, 6.07) is 21.4. The molecule has 3 aromatic rings. The number of fused-ring (bicyclic) bond motifs is 1. The summed E-state index contributed by atoms with van der Waals surface area (Å²) < 4.78 is 31.7. The molecular weight excluding hydrogens is 581 g/mol. The van der Waals surface area contributed by atoms with Crippen molar-refractivity contribution in [3.63, 3.8) is 0 Å². The molecule has 0 fully saturated rings. The summed E-state index contributed by atoms with van der Waals surface area (Å²) in [7, 11) is 0. The lowest BCUT2D eigenvalue weighted by Gasteiger charge is -2.24. The van der Waals surface area contributed by atoms with Gasteiger partial charge in [0.1, 0.15) is 11.9 Å². The van der Waals surface area contributed by atoms with Gasteiger partial charge in [-0.15, -0.1) is 0 Å². The second kappa shape index (κ2) is 14.7. The SMILES string of the molecule is N=C(N)c1ccc(CNC(=O)c2ccc3c(c2)NC(CC(N)=O)C(=O)N(CCc2ccccc2)C3)cc1.O=C(O)C(F)(F)F. The number of nitrogens with two attached hydrogens (primary N) is 2. The van der Waals surface area contributed by atoms with Crippen LogP contribution >= 0.6 is 0 Å². The Bertz CT molecular complexity index is 1510. The van der Waals surface area contributed by atoms with E-state index in [1.165, 1.54) is 0 Å². The monoisotopic (exact) mass is 612 g/mol. The van der Waals surface area contributed by atoms with Gasteiger partial charge in [0.25, 0.3) is 5.91 Å². The number of nitrogens with zero attached hydrogens (tertiary/aromatic N) is 1. The zero-order chi connectivity index (χ0) is 32.4. The number of amidine groups is 1. The van der Waals surface area contributed by atoms with Crippen molar-refractivity contribution in [2.24, 2.45) is 11.5 Å². The maximum atomic E-state index is 13.3. The number of halogens is 3. The van der Waals surface area contributed by atoms with Crippen LogP contribution in [0.5, 0.6) is 0 Å². The fourth-order valence-corrected chi connectivity index (χ4v) is 4.27. The highest BCUT2D eigenvalue weighted by Crippen LogP contribution is 2.26. The molecule has 0 saturated carbocycles. The fourth-order valence-electron chi connectivity index (χ4n) is 4.27. The number of aliphatic carboxylic acids is 1. The number of hydrogen-bond donors (Lipinski definition) is 6. The van der Waals surface area contributed by atoms with Crippen LogP contribution in [-0.4, -0.2) is 58.3 Å². The fraction of sp³-hybridized carbons (Fsp3) is 0.233. The molecule has 0 bridgehead atoms. The minimum atomic E-state index is -5.08. The zero-order valence-electron chi connectivity index (χ0n) is 23.4. The molecule has 0 radical (unpaired) electrons. The summed E-state index contributed by atoms with van der Waals surface area (Å²) >= 11 is 0. The average molecular weight is 613 g/mol. The van der Waals surface area contributed by atoms with Crippen LogP contribution in [0.3, 0.4) is 0 Å². The van der Waals surface area contributed by atoms with Gasteiger partial charge >= 0.3 is 12.1 Å². The molecule has 8 N–H and O–H groups in total. The van der Waals surface area contributed by atoms with Crippen LogP contribution in [0.4, 0.5) is 18.9 Å². The van der Waals surface area contributed by atoms with Gasteiger partial charge < -0.3 is 32.1 Å². The first-order chi connectivity index (χ1) is 20.7. The molecular formula is C30H31F3N6O5. The number of nitrogens with one attached hydrogen (secondary N) is 3. The molecule has 1 unspecified atom stereocenters. The minimum absolute atomic E-state index is 0.0141. The van der Waals surface area contributed by atoms with Gasteiger partial charge in [0.05, 0.1) is 6.42 Å². The van der Waals surface area contributed by atoms with Gasteiger partial charge in [-0.3, -0.25) is 19.8 Å². The highest BCUT2D eigenvalue weighted by molar-refractivity contribution is 5.97. The van der Waals surface area contributed by atoms with E-state index >= 15 is 0 Å². The van der Waals surface area contributed by atoms with Crippen molar-refractivity contribution in [2.75, 3.05) is 11.9 Å². The molecule has 1 aliphatic rings. The highest BCUT2D eigenvalue weighted by atomic mass is 19.4. The number of anilines is 1. The Morgan fingerprint density at radius 1 is 0.977 bits per heavy atom. The van der Waals surface area contributed by atoms with E-state index in [2.05, 4.69) is 10.6 Å². The van der Waals surface area contributed by atoms with E-state index in [4.69, 9.17) is 26.8 Å². The predicted molar refractivity (Wildman–Crippen MR) is 156 cm³/mol. The molecule has 11 nitrogen and oxygen atoms in total. The van der Waals surface area contributed by atoms with Gasteiger partial charge in [-0.05, 0) is 35.2 Å². The molecule has 44 heavy (non-hydrogen) atoms. The standard InChI is InChI=1S/C28H30N6O3.C2HF3O2/c29-25(35)15-24-28(37)34(13-12-18-4-2-1-3-5-18)17-22-11-10-21(14-23(22)33-24)27(36)32-16-19-6-8-20(9-7-19)26(30)31;3-2(4,5)1(6)7/h1-11,14,24,33H,12-13,15-17H2,(H2,29,35)(H3,30,31)(H,32,36);(H,6,7). The summed E-state index contributed by atoms with van der Waals surface area (Å²) in [5, 5.41) is 20.6. The van der Waals surface area contributed by atoms with Crippen LogP contribution in [0.2, 0.25) is 0 Å². The number of hydrogen-bond acceptors (Lipinski definition) is 6. The van der Waals surface area contributed by atoms with Crippen molar-refractivity contribution in [1.82, 2.24) is 10.2 Å². The van der Waals surface area contributed by atoms with Crippen molar-refractivity contribution < 1.29 is 37.5 Å². The molecule has 4 rings (SSSR count). The Hall–Kier alpha value is -5.40. The number of amides is 3. The van der Waals surface area contributed by atoms with E-state index in [9.17, 15) is 27.6 Å². The minimum Gasteiger partial charge on any atom is -0.475 e. The number of benzene rings is 3. The third-order valence-corrected chi connectivity index (χ3v) is 6.55. The van der Waals surface area contributed by atoms with Crippen molar-refractivity contribution in [1.29, 1.82) is 5.41 Å². The first-order valence-corrected chi connectivity index (χ1v) is 13.3. The lowest BCUT2D eigenvalue weighted by Crippen LogP contribution is -2.43. The topological polar surface area (TPSA) is 192 Å². The second-order valence-electron chi connectivity index (χ2n) is 9.83. The van der Waals surface area contributed by atoms with Gasteiger partial charge in [-0.2, -0.15) is 13.2 Å². The third-order valence-electron chi connectivity index (χ3n) is 6.55. The molecule has 0 aliphatic carbocycles. The molecule has 0 saturated heterocycles. The summed E-state index contributed by atoms with van der Waals surface area (Å²) in [5.41, 5.74) is 15.4. The molecule has 1 heterocycles. The maximum absolute atomic E-state index is 13.3. The van der Waals surface area contributed by atoms with E-state index in [-0.39, 0.29) is 24.1 Å². The molecule has 0 aromatic heterocycles. The van der Waals surface area contributed by atoms with Crippen LogP contribution in [0, 0.1) is 5.41 Å². The smallest absolute Gasteiger partial charge is 0.475 e. The number of rotatable bonds is 9. The zero-order valence-corrected chi connectivity index (χ0v) is 23.4. The lowest BCUT2D eigenvalue weighted by atomic mass is 10.1. The first kappa shape index (κ1) is 33.1. The molecule has 1 atom stereocenters. The van der Waals surface area contributed by atoms with Crippen molar-refractivity contribution in [3.05, 3.63) is 101 Å². The van der Waals surface area contributed by atoms with Crippen molar-refractivity contribution in [3.8, 4) is 0 Å². The van der Waals surface area contributed by atoms with E-state index in [0.717, 1.165) is 16.7 Å². The average Bonchev–Trinajstić information content (AvgIpc) is 3.10. The van der Waals surface area contributed by atoms with Crippen LogP contribution in [0.1, 0.15) is 39.0 Å². The van der Waals surface area contributed by atoms with Crippen LogP contribution in [0.15, 0.2) is 72.8 Å². The molecule has 0 spiro atoms. The molecule has 3 aromatic carbocycles. The number of carbonyl (C=O) groups is 4. The van der Waals surface area contributed by atoms with Gasteiger partial charge in [-0.25, -0.2) is 4.79 Å². The Labute approximate surface area is 250 Å². The van der Waals surface area contributed by atoms with E-state index < -0.39 is 24.1 Å². The Morgan fingerprint density at radius 3 is 2.16 bits per heavy atom. The van der Waals surface area contributed by atoms with E-state index in [1.807, 2.05) is 36.4 Å². The number of carbonyl (C=O) groups excluding carboxylic acids is 3. The predicted octanol–water partition coefficient (Wildman–Crippen LogP) is 2.77. The largest absolute Gasteiger partial charge is 0.490 e. The van der Waals surface area contributed by atoms with Crippen LogP contribution in [0.25, 0.3) is 0 Å². The maximum Gasteiger partial charge on any atom is 0.490 e. The van der Waals surface area contributed by atoms with Crippen molar-refractivity contribution in [2.45, 2.75) is 38.1 Å². The van der Waals surface area contributed by atoms with E-state index in [0.29, 0.717) is 42.9 Å². The van der Waals surface area contributed by atoms with Crippen molar-refractivity contribution >= 4 is 35.2 Å². The van der Waals surface area contributed by atoms with Gasteiger partial charge in [0.2, 0.25) is 11.8 Å². The van der Waals surface area contributed by atoms with Crippen LogP contribution < -0.4 is 22.1 Å². The Balaban J connectivity index is 0.000000676. The lowest BCUT2D eigenvalue weighted by molar-refractivity contribution is -0.192. The molecule has 14 heteroatoms. The number of primary amides is 1. The number of carboxylic acids is 1. The quantitative estimate of drug-likeness (QED) is 0.158. The highest BCUT2D eigenvalue weighted by Gasteiger charge is 2.38. The Morgan fingerprint density at radius 2 is 1.59 bits per heavy atom. The Kier molecular flexibility index (Phi) is 11.0. The van der Waals surface area contributed by atoms with Gasteiger partial charge in [0, 0.05) is 36.4 Å². The molecule has 232 valence electrons.